The Balaban J connectivity index is 1.76. The molecule has 1 aliphatic heterocycles. The zero-order valence-corrected chi connectivity index (χ0v) is 18.5. The van der Waals surface area contributed by atoms with Gasteiger partial charge in [0.05, 0.1) is 30.5 Å². The van der Waals surface area contributed by atoms with Gasteiger partial charge in [0.1, 0.15) is 5.52 Å². The number of morpholine rings is 1. The van der Waals surface area contributed by atoms with Crippen LogP contribution in [0.2, 0.25) is 0 Å². The molecule has 0 saturated carbocycles. The standard InChI is InChI=1S/C26H27N5O/c1-19-9-8-10-20(2)24(19)27-26(31-23-14-7-6-13-22(23)28-29-31)25(21-11-4-3-5-12-21)30-15-17-32-18-16-30/h3-14,25H,15-18H2,1-2H3/t25-/m0/s1. The molecule has 2 heterocycles. The molecule has 3 aromatic carbocycles. The monoisotopic (exact) mass is 425 g/mol. The third-order valence-corrected chi connectivity index (χ3v) is 6.01. The van der Waals surface area contributed by atoms with Crippen LogP contribution in [0.3, 0.4) is 0 Å². The lowest BCUT2D eigenvalue weighted by Gasteiger charge is -2.35. The van der Waals surface area contributed by atoms with Crippen LogP contribution in [0, 0.1) is 13.8 Å². The second-order valence-electron chi connectivity index (χ2n) is 8.16. The van der Waals surface area contributed by atoms with E-state index in [0.717, 1.165) is 46.8 Å². The molecule has 1 saturated heterocycles. The molecular weight excluding hydrogens is 398 g/mol. The van der Waals surface area contributed by atoms with E-state index in [9.17, 15) is 0 Å². The van der Waals surface area contributed by atoms with Crippen LogP contribution < -0.4 is 0 Å². The van der Waals surface area contributed by atoms with Crippen molar-refractivity contribution in [3.63, 3.8) is 0 Å². The third-order valence-electron chi connectivity index (χ3n) is 6.01. The Morgan fingerprint density at radius 2 is 1.56 bits per heavy atom. The van der Waals surface area contributed by atoms with Crippen LogP contribution in [0.5, 0.6) is 0 Å². The van der Waals surface area contributed by atoms with E-state index >= 15 is 0 Å². The van der Waals surface area contributed by atoms with Gasteiger partial charge < -0.3 is 4.74 Å². The molecule has 162 valence electrons. The fourth-order valence-corrected chi connectivity index (χ4v) is 4.35. The molecule has 1 atom stereocenters. The predicted molar refractivity (Wildman–Crippen MR) is 128 cm³/mol. The maximum atomic E-state index is 5.67. The number of aromatic nitrogens is 3. The molecule has 0 unspecified atom stereocenters. The van der Waals surface area contributed by atoms with Crippen molar-refractivity contribution in [1.82, 2.24) is 19.9 Å². The summed E-state index contributed by atoms with van der Waals surface area (Å²) < 4.78 is 7.58. The van der Waals surface area contributed by atoms with E-state index in [0.29, 0.717) is 13.2 Å². The summed E-state index contributed by atoms with van der Waals surface area (Å²) in [6.45, 7) is 7.29. The van der Waals surface area contributed by atoms with Crippen LogP contribution >= 0.6 is 0 Å². The lowest BCUT2D eigenvalue weighted by molar-refractivity contribution is 0.0281. The van der Waals surface area contributed by atoms with Crippen LogP contribution in [0.15, 0.2) is 77.8 Å². The smallest absolute Gasteiger partial charge is 0.154 e. The normalized spacial score (nSPS) is 16.4. The molecule has 0 aliphatic carbocycles. The summed E-state index contributed by atoms with van der Waals surface area (Å²) in [5.74, 6) is 0.851. The molecule has 6 nitrogen and oxygen atoms in total. The second kappa shape index (κ2) is 9.02. The average Bonchev–Trinajstić information content (AvgIpc) is 3.26. The zero-order valence-electron chi connectivity index (χ0n) is 18.5. The first-order valence-electron chi connectivity index (χ1n) is 11.0. The summed E-state index contributed by atoms with van der Waals surface area (Å²) in [5, 5.41) is 9.01. The number of hydrogen-bond donors (Lipinski definition) is 0. The van der Waals surface area contributed by atoms with Crippen molar-refractivity contribution in [3.8, 4) is 0 Å². The molecule has 0 amide bonds. The van der Waals surface area contributed by atoms with Gasteiger partial charge in [-0.3, -0.25) is 4.90 Å². The number of benzene rings is 3. The van der Waals surface area contributed by atoms with Crippen molar-refractivity contribution in [2.75, 3.05) is 26.3 Å². The van der Waals surface area contributed by atoms with E-state index in [1.54, 1.807) is 0 Å². The minimum atomic E-state index is -0.0794. The third kappa shape index (κ3) is 3.95. The van der Waals surface area contributed by atoms with Crippen LogP contribution in [-0.2, 0) is 4.74 Å². The van der Waals surface area contributed by atoms with Gasteiger partial charge in [-0.25, -0.2) is 4.99 Å². The Kier molecular flexibility index (Phi) is 5.79. The number of ether oxygens (including phenoxy) is 1. The lowest BCUT2D eigenvalue weighted by Crippen LogP contribution is -2.44. The fourth-order valence-electron chi connectivity index (χ4n) is 4.35. The van der Waals surface area contributed by atoms with Crippen molar-refractivity contribution in [1.29, 1.82) is 0 Å². The minimum Gasteiger partial charge on any atom is -0.379 e. The summed E-state index contributed by atoms with van der Waals surface area (Å²) in [5.41, 5.74) is 6.25. The van der Waals surface area contributed by atoms with Crippen molar-refractivity contribution in [3.05, 3.63) is 89.5 Å². The zero-order chi connectivity index (χ0) is 21.9. The Bertz CT molecular complexity index is 1220. The van der Waals surface area contributed by atoms with Gasteiger partial charge in [0.2, 0.25) is 0 Å². The van der Waals surface area contributed by atoms with Gasteiger partial charge in [0.25, 0.3) is 0 Å². The highest BCUT2D eigenvalue weighted by atomic mass is 16.5. The SMILES string of the molecule is Cc1cccc(C)c1N=C([C@H](c1ccccc1)N1CCOCC1)n1nnc2ccccc21. The average molecular weight is 426 g/mol. The van der Waals surface area contributed by atoms with E-state index in [-0.39, 0.29) is 6.04 Å². The molecule has 0 N–H and O–H groups in total. The highest BCUT2D eigenvalue weighted by molar-refractivity contribution is 5.98. The first kappa shape index (κ1) is 20.5. The van der Waals surface area contributed by atoms with Crippen molar-refractivity contribution in [2.24, 2.45) is 4.99 Å². The van der Waals surface area contributed by atoms with Crippen molar-refractivity contribution >= 4 is 22.6 Å². The highest BCUT2D eigenvalue weighted by Crippen LogP contribution is 2.30. The van der Waals surface area contributed by atoms with Gasteiger partial charge in [-0.2, -0.15) is 4.68 Å². The quantitative estimate of drug-likeness (QED) is 0.351. The van der Waals surface area contributed by atoms with Gasteiger partial charge in [-0.05, 0) is 42.7 Å². The van der Waals surface area contributed by atoms with Crippen LogP contribution in [-0.4, -0.2) is 52.0 Å². The Morgan fingerprint density at radius 1 is 0.875 bits per heavy atom. The Labute approximate surface area is 188 Å². The maximum absolute atomic E-state index is 5.67. The largest absolute Gasteiger partial charge is 0.379 e. The second-order valence-corrected chi connectivity index (χ2v) is 8.16. The highest BCUT2D eigenvalue weighted by Gasteiger charge is 2.30. The Hall–Kier alpha value is -3.35. The van der Waals surface area contributed by atoms with Gasteiger partial charge in [0.15, 0.2) is 5.84 Å². The van der Waals surface area contributed by atoms with Crippen LogP contribution in [0.25, 0.3) is 11.0 Å². The van der Waals surface area contributed by atoms with E-state index < -0.39 is 0 Å². The summed E-state index contributed by atoms with van der Waals surface area (Å²) in [6.07, 6.45) is 0. The van der Waals surface area contributed by atoms with Crippen LogP contribution in [0.4, 0.5) is 5.69 Å². The lowest BCUT2D eigenvalue weighted by atomic mass is 10.0. The number of rotatable bonds is 4. The summed E-state index contributed by atoms with van der Waals surface area (Å²) in [7, 11) is 0. The molecule has 1 fully saturated rings. The van der Waals surface area contributed by atoms with Crippen LogP contribution in [0.1, 0.15) is 22.7 Å². The Morgan fingerprint density at radius 3 is 2.31 bits per heavy atom. The predicted octanol–water partition coefficient (Wildman–Crippen LogP) is 4.70. The number of fused-ring (bicyclic) bond motifs is 1. The van der Waals surface area contributed by atoms with Gasteiger partial charge in [0, 0.05) is 13.1 Å². The van der Waals surface area contributed by atoms with Crippen molar-refractivity contribution < 1.29 is 4.74 Å². The first-order valence-corrected chi connectivity index (χ1v) is 11.0. The summed E-state index contributed by atoms with van der Waals surface area (Å²) >= 11 is 0. The van der Waals surface area contributed by atoms with E-state index in [2.05, 4.69) is 77.6 Å². The molecular formula is C26H27N5O. The molecule has 1 aliphatic rings. The van der Waals surface area contributed by atoms with E-state index in [1.165, 1.54) is 5.56 Å². The number of para-hydroxylation sites is 2. The number of aryl methyl sites for hydroxylation is 2. The number of hydrogen-bond acceptors (Lipinski definition) is 5. The number of aliphatic imine (C=N–C) groups is 1. The number of nitrogens with zero attached hydrogens (tertiary/aromatic N) is 5. The summed E-state index contributed by atoms with van der Waals surface area (Å²) in [6, 6.07) is 24.8. The molecule has 5 rings (SSSR count). The molecule has 32 heavy (non-hydrogen) atoms. The van der Waals surface area contributed by atoms with Gasteiger partial charge >= 0.3 is 0 Å². The van der Waals surface area contributed by atoms with Gasteiger partial charge in [-0.1, -0.05) is 65.9 Å². The van der Waals surface area contributed by atoms with E-state index in [4.69, 9.17) is 9.73 Å². The fraction of sp³-hybridized carbons (Fsp3) is 0.269. The molecule has 0 radical (unpaired) electrons. The molecule has 1 aromatic heterocycles. The summed E-state index contributed by atoms with van der Waals surface area (Å²) in [4.78, 5) is 7.73. The van der Waals surface area contributed by atoms with Crippen molar-refractivity contribution in [2.45, 2.75) is 19.9 Å². The molecule has 4 aromatic rings. The maximum Gasteiger partial charge on any atom is 0.154 e. The molecule has 0 spiro atoms. The first-order chi connectivity index (χ1) is 15.7. The topological polar surface area (TPSA) is 55.5 Å². The molecule has 6 heteroatoms. The minimum absolute atomic E-state index is 0.0794. The molecule has 0 bridgehead atoms. The van der Waals surface area contributed by atoms with Gasteiger partial charge in [-0.15, -0.1) is 5.10 Å². The van der Waals surface area contributed by atoms with E-state index in [1.807, 2.05) is 28.9 Å².